The lowest BCUT2D eigenvalue weighted by molar-refractivity contribution is -0.135. The summed E-state index contributed by atoms with van der Waals surface area (Å²) >= 11 is 0. The Morgan fingerprint density at radius 3 is 2.29 bits per heavy atom. The molecule has 0 aromatic heterocycles. The number of hydrogen-bond acceptors (Lipinski definition) is 5. The number of hydrogen-bond donors (Lipinski definition) is 2. The Labute approximate surface area is 199 Å². The van der Waals surface area contributed by atoms with E-state index in [0.29, 0.717) is 32.2 Å². The summed E-state index contributed by atoms with van der Waals surface area (Å²) in [6.45, 7) is 0.393. The van der Waals surface area contributed by atoms with Gasteiger partial charge >= 0.3 is 12.1 Å². The first-order valence-corrected chi connectivity index (χ1v) is 13.2. The number of rotatable bonds is 13. The van der Waals surface area contributed by atoms with Crippen molar-refractivity contribution in [2.45, 2.75) is 87.8 Å². The Morgan fingerprint density at radius 1 is 1.09 bits per heavy atom. The Kier molecular flexibility index (Phi) is 10.5. The van der Waals surface area contributed by atoms with E-state index in [1.165, 1.54) is 20.2 Å². The second-order valence-electron chi connectivity index (χ2n) is 8.87. The molecule has 0 aliphatic heterocycles. The van der Waals surface area contributed by atoms with E-state index in [1.54, 1.807) is 0 Å². The fourth-order valence-corrected chi connectivity index (χ4v) is 5.01. The lowest BCUT2D eigenvalue weighted by atomic mass is 9.97. The van der Waals surface area contributed by atoms with Crippen molar-refractivity contribution < 1.29 is 36.2 Å². The Morgan fingerprint density at radius 2 is 1.71 bits per heavy atom. The van der Waals surface area contributed by atoms with Gasteiger partial charge in [-0.3, -0.25) is 0 Å². The molecule has 1 aliphatic carbocycles. The number of benzene rings is 1. The number of nitrogens with zero attached hydrogens (tertiary/aromatic N) is 1. The molecule has 0 unspecified atom stereocenters. The minimum atomic E-state index is -4.13. The van der Waals surface area contributed by atoms with Gasteiger partial charge in [-0.15, -0.1) is 0 Å². The van der Waals surface area contributed by atoms with Gasteiger partial charge in [-0.05, 0) is 44.6 Å². The van der Waals surface area contributed by atoms with Crippen LogP contribution < -0.4 is 10.1 Å². The van der Waals surface area contributed by atoms with Crippen LogP contribution in [0, 0.1) is 0 Å². The summed E-state index contributed by atoms with van der Waals surface area (Å²) in [5.74, 6) is -1.14. The van der Waals surface area contributed by atoms with E-state index < -0.39 is 28.6 Å². The number of anilines is 1. The highest BCUT2D eigenvalue weighted by molar-refractivity contribution is 7.89. The minimum absolute atomic E-state index is 0.0979. The molecule has 194 valence electrons. The molecule has 2 rings (SSSR count). The predicted octanol–water partition coefficient (Wildman–Crippen LogP) is 5.66. The van der Waals surface area contributed by atoms with Crippen LogP contribution in [-0.4, -0.2) is 56.7 Å². The van der Waals surface area contributed by atoms with E-state index in [0.717, 1.165) is 42.5 Å². The van der Waals surface area contributed by atoms with Crippen LogP contribution in [0.2, 0.25) is 0 Å². The number of sulfonamides is 1. The van der Waals surface area contributed by atoms with E-state index in [9.17, 15) is 31.5 Å². The summed E-state index contributed by atoms with van der Waals surface area (Å²) in [5, 5.41) is 12.8. The van der Waals surface area contributed by atoms with E-state index in [2.05, 4.69) is 5.32 Å². The average molecular weight is 509 g/mol. The summed E-state index contributed by atoms with van der Waals surface area (Å²) < 4.78 is 69.4. The van der Waals surface area contributed by atoms with Gasteiger partial charge in [0, 0.05) is 33.1 Å². The van der Waals surface area contributed by atoms with Crippen molar-refractivity contribution in [1.29, 1.82) is 0 Å². The summed E-state index contributed by atoms with van der Waals surface area (Å²) in [4.78, 5) is 11.7. The molecule has 0 atom stereocenters. The maximum Gasteiger partial charge on any atom is 0.389 e. The molecule has 0 heterocycles. The normalized spacial score (nSPS) is 15.5. The summed E-state index contributed by atoms with van der Waals surface area (Å²) in [6.07, 6.45) is 2.24. The molecule has 7 nitrogen and oxygen atoms in total. The lowest BCUT2D eigenvalue weighted by Gasteiger charge is -2.25. The van der Waals surface area contributed by atoms with Crippen molar-refractivity contribution >= 4 is 21.7 Å². The number of halogens is 3. The van der Waals surface area contributed by atoms with Crippen LogP contribution in [0.15, 0.2) is 17.0 Å². The Balaban J connectivity index is 2.13. The highest BCUT2D eigenvalue weighted by Gasteiger charge is 2.28. The molecule has 1 aliphatic rings. The molecule has 1 fully saturated rings. The third kappa shape index (κ3) is 8.65. The van der Waals surface area contributed by atoms with Gasteiger partial charge in [0.1, 0.15) is 16.2 Å². The van der Waals surface area contributed by atoms with Gasteiger partial charge in [0.05, 0.1) is 11.8 Å². The highest BCUT2D eigenvalue weighted by Crippen LogP contribution is 2.34. The van der Waals surface area contributed by atoms with Gasteiger partial charge in [0.15, 0.2) is 0 Å². The molecule has 1 aromatic carbocycles. The van der Waals surface area contributed by atoms with E-state index in [4.69, 9.17) is 4.74 Å². The molecular formula is C23H35F3N2O5S. The first-order chi connectivity index (χ1) is 15.9. The number of aromatic carboxylic acids is 1. The molecule has 0 spiro atoms. The molecule has 0 bridgehead atoms. The van der Waals surface area contributed by atoms with Gasteiger partial charge in [-0.25, -0.2) is 17.5 Å². The molecule has 1 aromatic rings. The summed E-state index contributed by atoms with van der Waals surface area (Å²) in [5.41, 5.74) is 0.0443. The Bertz CT molecular complexity index is 914. The molecule has 0 amide bonds. The molecule has 0 radical (unpaired) electrons. The van der Waals surface area contributed by atoms with Crippen molar-refractivity contribution in [1.82, 2.24) is 4.31 Å². The smallest absolute Gasteiger partial charge is 0.389 e. The van der Waals surface area contributed by atoms with E-state index in [-0.39, 0.29) is 34.4 Å². The van der Waals surface area contributed by atoms with Crippen LogP contribution in [0.25, 0.3) is 0 Å². The summed E-state index contributed by atoms with van der Waals surface area (Å²) in [7, 11) is -1.20. The first-order valence-electron chi connectivity index (χ1n) is 11.7. The van der Waals surface area contributed by atoms with Crippen LogP contribution >= 0.6 is 0 Å². The van der Waals surface area contributed by atoms with E-state index >= 15 is 0 Å². The predicted molar refractivity (Wildman–Crippen MR) is 124 cm³/mol. The molecule has 1 saturated carbocycles. The summed E-state index contributed by atoms with van der Waals surface area (Å²) in [6, 6.07) is 2.58. The standard InChI is InChI=1S/C23H35F3N2O5S/c1-28(2)34(31,32)21-15-18(22(29)30)20(33-17-11-7-6-8-12-17)16-19(21)27-14-10-5-3-4-9-13-23(24,25)26/h15-17,27H,3-14H2,1-2H3,(H,29,30). The van der Waals surface area contributed by atoms with Gasteiger partial charge in [0.25, 0.3) is 0 Å². The quantitative estimate of drug-likeness (QED) is 0.334. The van der Waals surface area contributed by atoms with Gasteiger partial charge in [-0.2, -0.15) is 13.2 Å². The molecule has 0 saturated heterocycles. The zero-order chi connectivity index (χ0) is 25.4. The van der Waals surface area contributed by atoms with Crippen LogP contribution in [0.4, 0.5) is 18.9 Å². The fourth-order valence-electron chi connectivity index (χ4n) is 3.94. The average Bonchev–Trinajstić information content (AvgIpc) is 2.75. The number of carboxylic acid groups (broad SMARTS) is 1. The van der Waals surface area contributed by atoms with Crippen molar-refractivity contribution in [2.24, 2.45) is 0 Å². The largest absolute Gasteiger partial charge is 0.489 e. The fraction of sp³-hybridized carbons (Fsp3) is 0.696. The monoisotopic (exact) mass is 508 g/mol. The Hall–Kier alpha value is -2.01. The topological polar surface area (TPSA) is 95.9 Å². The molecule has 34 heavy (non-hydrogen) atoms. The van der Waals surface area contributed by atoms with Crippen LogP contribution in [0.3, 0.4) is 0 Å². The van der Waals surface area contributed by atoms with Crippen LogP contribution in [-0.2, 0) is 10.0 Å². The van der Waals surface area contributed by atoms with Gasteiger partial charge in [-0.1, -0.05) is 25.7 Å². The SMILES string of the molecule is CN(C)S(=O)(=O)c1cc(C(=O)O)c(OC2CCCCC2)cc1NCCCCCCCC(F)(F)F. The zero-order valence-electron chi connectivity index (χ0n) is 19.8. The number of unbranched alkanes of at least 4 members (excludes halogenated alkanes) is 4. The molecule has 11 heteroatoms. The number of carbonyl (C=O) groups is 1. The molecular weight excluding hydrogens is 473 g/mol. The minimum Gasteiger partial charge on any atom is -0.489 e. The highest BCUT2D eigenvalue weighted by atomic mass is 32.2. The zero-order valence-corrected chi connectivity index (χ0v) is 20.6. The third-order valence-corrected chi connectivity index (χ3v) is 7.72. The lowest BCUT2D eigenvalue weighted by Crippen LogP contribution is -2.25. The number of nitrogens with one attached hydrogen (secondary N) is 1. The van der Waals surface area contributed by atoms with Crippen molar-refractivity contribution in [3.8, 4) is 5.75 Å². The third-order valence-electron chi connectivity index (χ3n) is 5.87. The second-order valence-corrected chi connectivity index (χ2v) is 11.0. The van der Waals surface area contributed by atoms with Gasteiger partial charge in [0.2, 0.25) is 10.0 Å². The van der Waals surface area contributed by atoms with Crippen molar-refractivity contribution in [2.75, 3.05) is 26.0 Å². The van der Waals surface area contributed by atoms with E-state index in [1.807, 2.05) is 0 Å². The van der Waals surface area contributed by atoms with Crippen molar-refractivity contribution in [3.05, 3.63) is 17.7 Å². The first kappa shape index (κ1) is 28.2. The maximum absolute atomic E-state index is 12.9. The van der Waals surface area contributed by atoms with Crippen LogP contribution in [0.1, 0.15) is 81.0 Å². The number of alkyl halides is 3. The second kappa shape index (κ2) is 12.6. The number of ether oxygens (including phenoxy) is 1. The maximum atomic E-state index is 12.9. The molecule has 2 N–H and O–H groups in total. The van der Waals surface area contributed by atoms with Gasteiger partial charge < -0.3 is 15.2 Å². The van der Waals surface area contributed by atoms with Crippen LogP contribution in [0.5, 0.6) is 5.75 Å². The van der Waals surface area contributed by atoms with Crippen molar-refractivity contribution in [3.63, 3.8) is 0 Å². The number of carboxylic acids is 1.